The Morgan fingerprint density at radius 3 is 2.12 bits per heavy atom. The highest BCUT2D eigenvalue weighted by atomic mass is 32.2. The molecular weight excluding hydrogens is 248 g/mol. The number of carboxylic acid groups (broad SMARTS) is 1. The van der Waals surface area contributed by atoms with Crippen LogP contribution in [-0.4, -0.2) is 49.6 Å². The molecule has 0 spiro atoms. The number of urea groups is 1. The summed E-state index contributed by atoms with van der Waals surface area (Å²) in [6.07, 6.45) is 0.861. The molecular formula is C9H18N2O5S. The van der Waals surface area contributed by atoms with E-state index < -0.39 is 27.9 Å². The van der Waals surface area contributed by atoms with Crippen LogP contribution in [0.2, 0.25) is 0 Å². The fourth-order valence-electron chi connectivity index (χ4n) is 1.05. The van der Waals surface area contributed by atoms with Gasteiger partial charge in [0.2, 0.25) is 0 Å². The van der Waals surface area contributed by atoms with E-state index in [2.05, 4.69) is 10.6 Å². The van der Waals surface area contributed by atoms with Gasteiger partial charge in [-0.2, -0.15) is 0 Å². The molecule has 0 fully saturated rings. The smallest absolute Gasteiger partial charge is 0.326 e. The van der Waals surface area contributed by atoms with Crippen molar-refractivity contribution in [2.24, 2.45) is 0 Å². The van der Waals surface area contributed by atoms with Gasteiger partial charge in [0.05, 0.1) is 5.75 Å². The fourth-order valence-corrected chi connectivity index (χ4v) is 1.72. The van der Waals surface area contributed by atoms with Gasteiger partial charge >= 0.3 is 12.0 Å². The van der Waals surface area contributed by atoms with Crippen LogP contribution >= 0.6 is 0 Å². The Bertz CT molecular complexity index is 377. The molecule has 0 aromatic heterocycles. The maximum atomic E-state index is 11.3. The van der Waals surface area contributed by atoms with Crippen LogP contribution in [0.15, 0.2) is 0 Å². The lowest BCUT2D eigenvalue weighted by Crippen LogP contribution is -2.48. The first-order valence-corrected chi connectivity index (χ1v) is 7.15. The molecule has 0 rings (SSSR count). The normalized spacial score (nSPS) is 13.2. The molecule has 0 saturated carbocycles. The SMILES string of the molecule is CC(C)NC(=O)NC(CCS(C)(=O)=O)C(=O)O. The van der Waals surface area contributed by atoms with E-state index in [0.717, 1.165) is 6.26 Å². The Balaban J connectivity index is 4.35. The molecule has 0 saturated heterocycles. The van der Waals surface area contributed by atoms with Crippen molar-refractivity contribution in [3.8, 4) is 0 Å². The lowest BCUT2D eigenvalue weighted by atomic mass is 10.2. The number of carboxylic acids is 1. The lowest BCUT2D eigenvalue weighted by Gasteiger charge is -2.16. The van der Waals surface area contributed by atoms with E-state index in [-0.39, 0.29) is 18.2 Å². The van der Waals surface area contributed by atoms with Gasteiger partial charge in [-0.3, -0.25) is 0 Å². The highest BCUT2D eigenvalue weighted by molar-refractivity contribution is 7.90. The first-order valence-electron chi connectivity index (χ1n) is 5.09. The molecule has 7 nitrogen and oxygen atoms in total. The van der Waals surface area contributed by atoms with Crippen molar-refractivity contribution in [1.82, 2.24) is 10.6 Å². The predicted octanol–water partition coefficient (Wildman–Crippen LogP) is -0.418. The van der Waals surface area contributed by atoms with Crippen molar-refractivity contribution in [2.45, 2.75) is 32.4 Å². The number of nitrogens with one attached hydrogen (secondary N) is 2. The maximum Gasteiger partial charge on any atom is 0.326 e. The van der Waals surface area contributed by atoms with Crippen LogP contribution in [0, 0.1) is 0 Å². The van der Waals surface area contributed by atoms with E-state index in [9.17, 15) is 18.0 Å². The average molecular weight is 266 g/mol. The molecule has 8 heteroatoms. The summed E-state index contributed by atoms with van der Waals surface area (Å²) in [4.78, 5) is 22.1. The first kappa shape index (κ1) is 15.7. The summed E-state index contributed by atoms with van der Waals surface area (Å²) in [5.74, 6) is -1.54. The molecule has 0 aliphatic heterocycles. The van der Waals surface area contributed by atoms with Crippen LogP contribution in [0.25, 0.3) is 0 Å². The Morgan fingerprint density at radius 2 is 1.76 bits per heavy atom. The van der Waals surface area contributed by atoms with Crippen LogP contribution < -0.4 is 10.6 Å². The zero-order valence-electron chi connectivity index (χ0n) is 10.1. The van der Waals surface area contributed by atoms with Gasteiger partial charge in [0.1, 0.15) is 15.9 Å². The van der Waals surface area contributed by atoms with Gasteiger partial charge < -0.3 is 15.7 Å². The van der Waals surface area contributed by atoms with Gasteiger partial charge in [0.15, 0.2) is 0 Å². The molecule has 0 aliphatic rings. The van der Waals surface area contributed by atoms with Gasteiger partial charge in [-0.15, -0.1) is 0 Å². The molecule has 0 aliphatic carbocycles. The largest absolute Gasteiger partial charge is 0.480 e. The number of amides is 2. The molecule has 0 heterocycles. The van der Waals surface area contributed by atoms with Crippen molar-refractivity contribution in [2.75, 3.05) is 12.0 Å². The molecule has 0 radical (unpaired) electrons. The monoisotopic (exact) mass is 266 g/mol. The topological polar surface area (TPSA) is 113 Å². The van der Waals surface area contributed by atoms with Crippen molar-refractivity contribution in [3.05, 3.63) is 0 Å². The van der Waals surface area contributed by atoms with Crippen LogP contribution in [0.5, 0.6) is 0 Å². The molecule has 1 atom stereocenters. The Kier molecular flexibility index (Phi) is 5.94. The van der Waals surface area contributed by atoms with Gasteiger partial charge in [-0.1, -0.05) is 0 Å². The highest BCUT2D eigenvalue weighted by Crippen LogP contribution is 1.97. The highest BCUT2D eigenvalue weighted by Gasteiger charge is 2.21. The Morgan fingerprint density at radius 1 is 1.24 bits per heavy atom. The van der Waals surface area contributed by atoms with Crippen molar-refractivity contribution < 1.29 is 23.1 Å². The molecule has 0 aromatic carbocycles. The van der Waals surface area contributed by atoms with Gasteiger partial charge in [-0.05, 0) is 20.3 Å². The van der Waals surface area contributed by atoms with Crippen molar-refractivity contribution in [3.63, 3.8) is 0 Å². The Labute approximate surface area is 101 Å². The summed E-state index contributed by atoms with van der Waals surface area (Å²) in [5.41, 5.74) is 0. The third kappa shape index (κ3) is 8.49. The van der Waals surface area contributed by atoms with Crippen LogP contribution in [0.4, 0.5) is 4.79 Å². The van der Waals surface area contributed by atoms with E-state index in [0.29, 0.717) is 0 Å². The van der Waals surface area contributed by atoms with Crippen LogP contribution in [0.3, 0.4) is 0 Å². The summed E-state index contributed by atoms with van der Waals surface area (Å²) in [6.45, 7) is 3.46. The average Bonchev–Trinajstić information content (AvgIpc) is 2.08. The summed E-state index contributed by atoms with van der Waals surface area (Å²) < 4.78 is 21.8. The number of carbonyl (C=O) groups is 2. The minimum atomic E-state index is -3.25. The minimum Gasteiger partial charge on any atom is -0.480 e. The second-order valence-electron chi connectivity index (χ2n) is 4.08. The lowest BCUT2D eigenvalue weighted by molar-refractivity contribution is -0.139. The second kappa shape index (κ2) is 6.43. The van der Waals surface area contributed by atoms with Crippen LogP contribution in [0.1, 0.15) is 20.3 Å². The summed E-state index contributed by atoms with van der Waals surface area (Å²) >= 11 is 0. The molecule has 17 heavy (non-hydrogen) atoms. The Hall–Kier alpha value is -1.31. The van der Waals surface area contributed by atoms with E-state index in [1.54, 1.807) is 13.8 Å². The van der Waals surface area contributed by atoms with Gasteiger partial charge in [0.25, 0.3) is 0 Å². The van der Waals surface area contributed by atoms with Crippen LogP contribution in [-0.2, 0) is 14.6 Å². The zero-order valence-corrected chi connectivity index (χ0v) is 10.9. The summed E-state index contributed by atoms with van der Waals surface area (Å²) in [6, 6.07) is -1.95. The maximum absolute atomic E-state index is 11.3. The molecule has 2 amide bonds. The quantitative estimate of drug-likeness (QED) is 0.604. The number of hydrogen-bond acceptors (Lipinski definition) is 4. The third-order valence-electron chi connectivity index (χ3n) is 1.80. The molecule has 1 unspecified atom stereocenters. The predicted molar refractivity (Wildman–Crippen MR) is 62.6 cm³/mol. The number of rotatable bonds is 6. The minimum absolute atomic E-state index is 0.126. The van der Waals surface area contributed by atoms with E-state index >= 15 is 0 Å². The molecule has 0 bridgehead atoms. The van der Waals surface area contributed by atoms with E-state index in [1.165, 1.54) is 0 Å². The number of sulfone groups is 1. The van der Waals surface area contributed by atoms with Crippen molar-refractivity contribution in [1.29, 1.82) is 0 Å². The molecule has 0 aromatic rings. The van der Waals surface area contributed by atoms with Crippen molar-refractivity contribution >= 4 is 21.8 Å². The zero-order chi connectivity index (χ0) is 13.6. The second-order valence-corrected chi connectivity index (χ2v) is 6.34. The molecule has 3 N–H and O–H groups in total. The number of carbonyl (C=O) groups excluding carboxylic acids is 1. The van der Waals surface area contributed by atoms with Gasteiger partial charge in [-0.25, -0.2) is 18.0 Å². The summed E-state index contributed by atoms with van der Waals surface area (Å²) in [5, 5.41) is 13.5. The molecule has 100 valence electrons. The van der Waals surface area contributed by atoms with Gasteiger partial charge in [0, 0.05) is 12.3 Å². The standard InChI is InChI=1S/C9H18N2O5S/c1-6(2)10-9(14)11-7(8(12)13)4-5-17(3,15)16/h6-7H,4-5H2,1-3H3,(H,12,13)(H2,10,11,14). The summed E-state index contributed by atoms with van der Waals surface area (Å²) in [7, 11) is -3.25. The fraction of sp³-hybridized carbons (Fsp3) is 0.778. The van der Waals surface area contributed by atoms with E-state index in [4.69, 9.17) is 5.11 Å². The third-order valence-corrected chi connectivity index (χ3v) is 2.78. The number of hydrogen-bond donors (Lipinski definition) is 3. The first-order chi connectivity index (χ1) is 7.61. The van der Waals surface area contributed by atoms with E-state index in [1.807, 2.05) is 0 Å². The number of aliphatic carboxylic acids is 1.